The first-order chi connectivity index (χ1) is 11.1. The fourth-order valence-electron chi connectivity index (χ4n) is 2.78. The summed E-state index contributed by atoms with van der Waals surface area (Å²) in [6.45, 7) is 4.02. The first-order valence-electron chi connectivity index (χ1n) is 8.21. The second-order valence-corrected chi connectivity index (χ2v) is 6.65. The highest BCUT2D eigenvalue weighted by atomic mass is 35.5. The van der Waals surface area contributed by atoms with E-state index in [1.807, 2.05) is 25.2 Å². The SMILES string of the molecule is CN=C(NCCCN(C)C)NC1CCN(c2cccc(Cl)c2)C1. The maximum Gasteiger partial charge on any atom is 0.191 e. The van der Waals surface area contributed by atoms with Gasteiger partial charge in [0.05, 0.1) is 0 Å². The minimum absolute atomic E-state index is 0.411. The summed E-state index contributed by atoms with van der Waals surface area (Å²) in [6, 6.07) is 8.47. The Hall–Kier alpha value is -1.46. The van der Waals surface area contributed by atoms with Gasteiger partial charge in [-0.25, -0.2) is 0 Å². The molecule has 1 aromatic carbocycles. The quantitative estimate of drug-likeness (QED) is 0.473. The number of nitrogens with zero attached hydrogens (tertiary/aromatic N) is 3. The molecule has 0 bridgehead atoms. The standard InChI is InChI=1S/C17H28ClN5/c1-19-17(20-9-5-10-22(2)3)21-15-8-11-23(13-15)16-7-4-6-14(18)12-16/h4,6-7,12,15H,5,8-11,13H2,1-3H3,(H2,19,20,21). The molecule has 6 heteroatoms. The Morgan fingerprint density at radius 2 is 2.26 bits per heavy atom. The number of guanidine groups is 1. The smallest absolute Gasteiger partial charge is 0.191 e. The average Bonchev–Trinajstić information content (AvgIpc) is 2.98. The Kier molecular flexibility index (Phi) is 6.99. The molecule has 0 saturated carbocycles. The predicted octanol–water partition coefficient (Wildman–Crippen LogP) is 2.04. The molecule has 1 saturated heterocycles. The number of nitrogens with one attached hydrogen (secondary N) is 2. The second-order valence-electron chi connectivity index (χ2n) is 6.21. The first-order valence-corrected chi connectivity index (χ1v) is 8.58. The van der Waals surface area contributed by atoms with Crippen LogP contribution in [0.4, 0.5) is 5.69 Å². The molecule has 23 heavy (non-hydrogen) atoms. The molecule has 0 spiro atoms. The normalized spacial score (nSPS) is 18.6. The van der Waals surface area contributed by atoms with Gasteiger partial charge in [-0.2, -0.15) is 0 Å². The average molecular weight is 338 g/mol. The van der Waals surface area contributed by atoms with Crippen molar-refractivity contribution in [2.75, 3.05) is 52.2 Å². The predicted molar refractivity (Wildman–Crippen MR) is 99.7 cm³/mol. The lowest BCUT2D eigenvalue weighted by Gasteiger charge is -2.20. The van der Waals surface area contributed by atoms with Gasteiger partial charge in [-0.05, 0) is 51.7 Å². The van der Waals surface area contributed by atoms with Crippen LogP contribution in [0.1, 0.15) is 12.8 Å². The molecule has 1 atom stereocenters. The molecule has 1 unspecified atom stereocenters. The van der Waals surface area contributed by atoms with E-state index in [4.69, 9.17) is 11.6 Å². The van der Waals surface area contributed by atoms with E-state index in [9.17, 15) is 0 Å². The van der Waals surface area contributed by atoms with Gasteiger partial charge in [0.15, 0.2) is 5.96 Å². The van der Waals surface area contributed by atoms with Crippen LogP contribution in [0.2, 0.25) is 5.02 Å². The zero-order chi connectivity index (χ0) is 16.7. The Morgan fingerprint density at radius 3 is 2.96 bits per heavy atom. The van der Waals surface area contributed by atoms with Crippen molar-refractivity contribution in [2.45, 2.75) is 18.9 Å². The van der Waals surface area contributed by atoms with Gasteiger partial charge >= 0.3 is 0 Å². The number of halogens is 1. The van der Waals surface area contributed by atoms with E-state index in [0.717, 1.165) is 50.0 Å². The molecule has 1 aliphatic heterocycles. The van der Waals surface area contributed by atoms with Crippen molar-refractivity contribution in [2.24, 2.45) is 4.99 Å². The highest BCUT2D eigenvalue weighted by molar-refractivity contribution is 6.30. The van der Waals surface area contributed by atoms with Gasteiger partial charge < -0.3 is 20.4 Å². The number of hydrogen-bond acceptors (Lipinski definition) is 3. The van der Waals surface area contributed by atoms with Crippen LogP contribution >= 0.6 is 11.6 Å². The van der Waals surface area contributed by atoms with Crippen LogP contribution in [0.3, 0.4) is 0 Å². The van der Waals surface area contributed by atoms with Gasteiger partial charge in [0.2, 0.25) is 0 Å². The fraction of sp³-hybridized carbons (Fsp3) is 0.588. The lowest BCUT2D eigenvalue weighted by molar-refractivity contribution is 0.399. The summed E-state index contributed by atoms with van der Waals surface area (Å²) in [5.74, 6) is 0.890. The Morgan fingerprint density at radius 1 is 1.43 bits per heavy atom. The maximum atomic E-state index is 6.08. The first kappa shape index (κ1) is 17.9. The van der Waals surface area contributed by atoms with Crippen LogP contribution in [0.5, 0.6) is 0 Å². The van der Waals surface area contributed by atoms with Gasteiger partial charge in [0.1, 0.15) is 0 Å². The van der Waals surface area contributed by atoms with Crippen LogP contribution in [0.15, 0.2) is 29.3 Å². The van der Waals surface area contributed by atoms with Gasteiger partial charge in [-0.15, -0.1) is 0 Å². The minimum atomic E-state index is 0.411. The molecule has 1 fully saturated rings. The van der Waals surface area contributed by atoms with Gasteiger partial charge in [-0.1, -0.05) is 17.7 Å². The topological polar surface area (TPSA) is 42.9 Å². The molecule has 2 rings (SSSR count). The van der Waals surface area contributed by atoms with Gasteiger partial charge in [0.25, 0.3) is 0 Å². The van der Waals surface area contributed by atoms with E-state index < -0.39 is 0 Å². The lowest BCUT2D eigenvalue weighted by atomic mass is 10.2. The number of rotatable bonds is 6. The zero-order valence-corrected chi connectivity index (χ0v) is 15.1. The molecule has 0 aromatic heterocycles. The van der Waals surface area contributed by atoms with Crippen molar-refractivity contribution in [1.82, 2.24) is 15.5 Å². The molecule has 5 nitrogen and oxygen atoms in total. The van der Waals surface area contributed by atoms with E-state index in [1.54, 1.807) is 0 Å². The summed E-state index contributed by atoms with van der Waals surface area (Å²) >= 11 is 6.08. The Labute approximate surface area is 144 Å². The third-order valence-corrected chi connectivity index (χ3v) is 4.24. The monoisotopic (exact) mass is 337 g/mol. The highest BCUT2D eigenvalue weighted by Crippen LogP contribution is 2.23. The molecule has 0 radical (unpaired) electrons. The van der Waals surface area contributed by atoms with Crippen LogP contribution < -0.4 is 15.5 Å². The lowest BCUT2D eigenvalue weighted by Crippen LogP contribution is -2.45. The van der Waals surface area contributed by atoms with Gasteiger partial charge in [-0.3, -0.25) is 4.99 Å². The van der Waals surface area contributed by atoms with E-state index in [1.165, 1.54) is 5.69 Å². The number of hydrogen-bond donors (Lipinski definition) is 2. The molecule has 1 aromatic rings. The summed E-state index contributed by atoms with van der Waals surface area (Å²) in [6.07, 6.45) is 2.21. The largest absolute Gasteiger partial charge is 0.369 e. The van der Waals surface area contributed by atoms with E-state index >= 15 is 0 Å². The van der Waals surface area contributed by atoms with Crippen LogP contribution in [-0.4, -0.2) is 64.2 Å². The van der Waals surface area contributed by atoms with Crippen molar-refractivity contribution < 1.29 is 0 Å². The minimum Gasteiger partial charge on any atom is -0.369 e. The molecule has 0 aliphatic carbocycles. The van der Waals surface area contributed by atoms with E-state index in [0.29, 0.717) is 6.04 Å². The van der Waals surface area contributed by atoms with E-state index in [2.05, 4.69) is 45.6 Å². The molecule has 0 amide bonds. The van der Waals surface area contributed by atoms with Gasteiger partial charge in [0, 0.05) is 43.4 Å². The molecule has 1 aliphatic rings. The molecule has 2 N–H and O–H groups in total. The van der Waals surface area contributed by atoms with Crippen molar-refractivity contribution in [1.29, 1.82) is 0 Å². The molecule has 1 heterocycles. The fourth-order valence-corrected chi connectivity index (χ4v) is 2.96. The molecular formula is C17H28ClN5. The highest BCUT2D eigenvalue weighted by Gasteiger charge is 2.23. The summed E-state index contributed by atoms with van der Waals surface area (Å²) < 4.78 is 0. The third kappa shape index (κ3) is 5.92. The molecular weight excluding hydrogens is 310 g/mol. The summed E-state index contributed by atoms with van der Waals surface area (Å²) in [5, 5.41) is 7.70. The summed E-state index contributed by atoms with van der Waals surface area (Å²) in [4.78, 5) is 8.88. The maximum absolute atomic E-state index is 6.08. The Balaban J connectivity index is 1.77. The second kappa shape index (κ2) is 8.99. The van der Waals surface area contributed by atoms with Crippen LogP contribution in [-0.2, 0) is 0 Å². The van der Waals surface area contributed by atoms with Crippen LogP contribution in [0, 0.1) is 0 Å². The van der Waals surface area contributed by atoms with Crippen LogP contribution in [0.25, 0.3) is 0 Å². The van der Waals surface area contributed by atoms with Crippen molar-refractivity contribution in [3.05, 3.63) is 29.3 Å². The van der Waals surface area contributed by atoms with Crippen molar-refractivity contribution in [3.8, 4) is 0 Å². The summed E-state index contributed by atoms with van der Waals surface area (Å²) in [5.41, 5.74) is 1.19. The number of anilines is 1. The van der Waals surface area contributed by atoms with Crippen molar-refractivity contribution >= 4 is 23.2 Å². The third-order valence-electron chi connectivity index (χ3n) is 4.00. The molecule has 128 valence electrons. The zero-order valence-electron chi connectivity index (χ0n) is 14.3. The van der Waals surface area contributed by atoms with E-state index in [-0.39, 0.29) is 0 Å². The van der Waals surface area contributed by atoms with Crippen molar-refractivity contribution in [3.63, 3.8) is 0 Å². The summed E-state index contributed by atoms with van der Waals surface area (Å²) in [7, 11) is 6.01. The number of aliphatic imine (C=N–C) groups is 1. The Bertz CT molecular complexity index is 517. The number of benzene rings is 1.